The van der Waals surface area contributed by atoms with E-state index in [0.717, 1.165) is 13.0 Å². The van der Waals surface area contributed by atoms with E-state index in [9.17, 15) is 0 Å². The molecule has 2 rings (SSSR count). The van der Waals surface area contributed by atoms with E-state index in [1.807, 2.05) is 11.3 Å². The fraction of sp³-hybridized carbons (Fsp3) is 0.714. The predicted octanol–water partition coefficient (Wildman–Crippen LogP) is 3.18. The molecule has 0 spiro atoms. The average molecular weight is 253 g/mol. The van der Waals surface area contributed by atoms with E-state index in [1.165, 1.54) is 28.2 Å². The van der Waals surface area contributed by atoms with Gasteiger partial charge < -0.3 is 10.4 Å². The first-order chi connectivity index (χ1) is 8.06. The molecule has 1 heterocycles. The zero-order valence-electron chi connectivity index (χ0n) is 11.0. The van der Waals surface area contributed by atoms with Crippen LogP contribution in [0.2, 0.25) is 0 Å². The number of aliphatic hydroxyl groups is 1. The fourth-order valence-electron chi connectivity index (χ4n) is 2.49. The molecule has 1 aromatic rings. The van der Waals surface area contributed by atoms with Crippen LogP contribution in [0.15, 0.2) is 6.07 Å². The predicted molar refractivity (Wildman–Crippen MR) is 73.6 cm³/mol. The van der Waals surface area contributed by atoms with Crippen molar-refractivity contribution >= 4 is 11.3 Å². The van der Waals surface area contributed by atoms with Crippen LogP contribution in [0, 0.1) is 19.3 Å². The SMILES string of the molecule is Cc1cc(C(C)NCC2(CCO)CC2)c(C)s1. The van der Waals surface area contributed by atoms with Crippen molar-refractivity contribution in [1.29, 1.82) is 0 Å². The van der Waals surface area contributed by atoms with Crippen molar-refractivity contribution in [3.63, 3.8) is 0 Å². The zero-order chi connectivity index (χ0) is 12.5. The topological polar surface area (TPSA) is 32.3 Å². The highest BCUT2D eigenvalue weighted by Gasteiger charge is 2.41. The lowest BCUT2D eigenvalue weighted by Crippen LogP contribution is -2.27. The molecule has 1 saturated carbocycles. The first-order valence-electron chi connectivity index (χ1n) is 6.47. The van der Waals surface area contributed by atoms with Gasteiger partial charge >= 0.3 is 0 Å². The van der Waals surface area contributed by atoms with Gasteiger partial charge in [0.2, 0.25) is 0 Å². The zero-order valence-corrected chi connectivity index (χ0v) is 11.9. The van der Waals surface area contributed by atoms with E-state index in [-0.39, 0.29) is 0 Å². The second kappa shape index (κ2) is 5.09. The molecule has 0 amide bonds. The van der Waals surface area contributed by atoms with E-state index >= 15 is 0 Å². The monoisotopic (exact) mass is 253 g/mol. The summed E-state index contributed by atoms with van der Waals surface area (Å²) in [7, 11) is 0. The fourth-order valence-corrected chi connectivity index (χ4v) is 3.51. The third kappa shape index (κ3) is 3.09. The normalized spacial score (nSPS) is 19.3. The van der Waals surface area contributed by atoms with E-state index in [4.69, 9.17) is 5.11 Å². The van der Waals surface area contributed by atoms with Gasteiger partial charge in [0.25, 0.3) is 0 Å². The van der Waals surface area contributed by atoms with Crippen molar-refractivity contribution < 1.29 is 5.11 Å². The number of nitrogens with one attached hydrogen (secondary N) is 1. The summed E-state index contributed by atoms with van der Waals surface area (Å²) < 4.78 is 0. The molecule has 0 saturated heterocycles. The Labute approximate surface area is 108 Å². The molecule has 2 nitrogen and oxygen atoms in total. The lowest BCUT2D eigenvalue weighted by Gasteiger charge is -2.19. The molecule has 0 bridgehead atoms. The molecule has 1 unspecified atom stereocenters. The molecule has 0 aromatic carbocycles. The summed E-state index contributed by atoms with van der Waals surface area (Å²) in [6, 6.07) is 2.72. The molecule has 0 radical (unpaired) electrons. The average Bonchev–Trinajstić information content (AvgIpc) is 2.95. The summed E-state index contributed by atoms with van der Waals surface area (Å²) in [6.07, 6.45) is 3.50. The first kappa shape index (κ1) is 13.1. The van der Waals surface area contributed by atoms with Crippen LogP contribution in [-0.2, 0) is 0 Å². The molecule has 1 fully saturated rings. The quantitative estimate of drug-likeness (QED) is 0.816. The van der Waals surface area contributed by atoms with Gasteiger partial charge in [0, 0.05) is 28.9 Å². The Balaban J connectivity index is 1.89. The smallest absolute Gasteiger partial charge is 0.0436 e. The summed E-state index contributed by atoms with van der Waals surface area (Å²) in [4.78, 5) is 2.82. The standard InChI is InChI=1S/C14H23NOS/c1-10-8-13(12(3)17-10)11(2)15-9-14(4-5-14)6-7-16/h8,11,15-16H,4-7,9H2,1-3H3. The minimum atomic E-state index is 0.326. The van der Waals surface area contributed by atoms with Gasteiger partial charge in [-0.2, -0.15) is 0 Å². The maximum absolute atomic E-state index is 9.05. The van der Waals surface area contributed by atoms with Gasteiger partial charge in [-0.15, -0.1) is 11.3 Å². The van der Waals surface area contributed by atoms with Crippen LogP contribution in [0.25, 0.3) is 0 Å². The van der Waals surface area contributed by atoms with Crippen molar-refractivity contribution in [1.82, 2.24) is 5.32 Å². The lowest BCUT2D eigenvalue weighted by atomic mass is 10.0. The van der Waals surface area contributed by atoms with Crippen molar-refractivity contribution in [3.05, 3.63) is 21.4 Å². The third-order valence-electron chi connectivity index (χ3n) is 3.93. The van der Waals surface area contributed by atoms with E-state index in [2.05, 4.69) is 32.2 Å². The van der Waals surface area contributed by atoms with Gasteiger partial charge in [-0.3, -0.25) is 0 Å². The van der Waals surface area contributed by atoms with E-state index in [1.54, 1.807) is 0 Å². The van der Waals surface area contributed by atoms with Crippen LogP contribution in [0.4, 0.5) is 0 Å². The molecule has 17 heavy (non-hydrogen) atoms. The molecule has 0 aliphatic heterocycles. The molecule has 3 heteroatoms. The van der Waals surface area contributed by atoms with Gasteiger partial charge in [-0.05, 0) is 57.1 Å². The second-order valence-electron chi connectivity index (χ2n) is 5.44. The number of aliphatic hydroxyl groups excluding tert-OH is 1. The van der Waals surface area contributed by atoms with Gasteiger partial charge in [-0.25, -0.2) is 0 Å². The minimum absolute atomic E-state index is 0.326. The van der Waals surface area contributed by atoms with Gasteiger partial charge in [0.15, 0.2) is 0 Å². The maximum Gasteiger partial charge on any atom is 0.0436 e. The molecule has 1 atom stereocenters. The first-order valence-corrected chi connectivity index (χ1v) is 7.29. The summed E-state index contributed by atoms with van der Waals surface area (Å²) in [5, 5.41) is 12.7. The van der Waals surface area contributed by atoms with E-state index in [0.29, 0.717) is 18.1 Å². The Morgan fingerprint density at radius 2 is 2.18 bits per heavy atom. The molecule has 1 aliphatic rings. The van der Waals surface area contributed by atoms with Crippen LogP contribution in [0.5, 0.6) is 0 Å². The summed E-state index contributed by atoms with van der Waals surface area (Å²) in [5.74, 6) is 0. The Bertz CT molecular complexity index is 382. The van der Waals surface area contributed by atoms with Crippen molar-refractivity contribution in [2.75, 3.05) is 13.2 Å². The van der Waals surface area contributed by atoms with Gasteiger partial charge in [-0.1, -0.05) is 0 Å². The minimum Gasteiger partial charge on any atom is -0.396 e. The van der Waals surface area contributed by atoms with Crippen LogP contribution >= 0.6 is 11.3 Å². The number of aryl methyl sites for hydroxylation is 2. The highest BCUT2D eigenvalue weighted by molar-refractivity contribution is 7.12. The molecule has 1 aromatic heterocycles. The lowest BCUT2D eigenvalue weighted by molar-refractivity contribution is 0.243. The molecular weight excluding hydrogens is 230 g/mol. The Kier molecular flexibility index (Phi) is 3.91. The number of hydrogen-bond acceptors (Lipinski definition) is 3. The number of rotatable bonds is 6. The Hall–Kier alpha value is -0.380. The molecular formula is C14H23NOS. The van der Waals surface area contributed by atoms with Crippen molar-refractivity contribution in [3.8, 4) is 0 Å². The molecule has 2 N–H and O–H groups in total. The largest absolute Gasteiger partial charge is 0.396 e. The highest BCUT2D eigenvalue weighted by Crippen LogP contribution is 2.48. The second-order valence-corrected chi connectivity index (χ2v) is 6.91. The van der Waals surface area contributed by atoms with Crippen molar-refractivity contribution in [2.45, 2.75) is 46.1 Å². The molecule has 96 valence electrons. The Morgan fingerprint density at radius 3 is 2.65 bits per heavy atom. The molecule has 1 aliphatic carbocycles. The third-order valence-corrected chi connectivity index (χ3v) is 4.91. The Morgan fingerprint density at radius 1 is 1.47 bits per heavy atom. The number of hydrogen-bond donors (Lipinski definition) is 2. The van der Waals surface area contributed by atoms with Gasteiger partial charge in [0.1, 0.15) is 0 Å². The van der Waals surface area contributed by atoms with E-state index < -0.39 is 0 Å². The number of thiophene rings is 1. The summed E-state index contributed by atoms with van der Waals surface area (Å²) in [5.41, 5.74) is 1.84. The van der Waals surface area contributed by atoms with Crippen LogP contribution < -0.4 is 5.32 Å². The van der Waals surface area contributed by atoms with Crippen LogP contribution in [0.3, 0.4) is 0 Å². The van der Waals surface area contributed by atoms with Crippen molar-refractivity contribution in [2.24, 2.45) is 5.41 Å². The highest BCUT2D eigenvalue weighted by atomic mass is 32.1. The van der Waals surface area contributed by atoms with Crippen LogP contribution in [-0.4, -0.2) is 18.3 Å². The summed E-state index contributed by atoms with van der Waals surface area (Å²) in [6.45, 7) is 7.98. The summed E-state index contributed by atoms with van der Waals surface area (Å²) >= 11 is 1.88. The van der Waals surface area contributed by atoms with Crippen LogP contribution in [0.1, 0.15) is 47.5 Å². The van der Waals surface area contributed by atoms with Gasteiger partial charge in [0.05, 0.1) is 0 Å². The maximum atomic E-state index is 9.05.